The average molecular weight is 510 g/mol. The van der Waals surface area contributed by atoms with Gasteiger partial charge in [0.15, 0.2) is 16.6 Å². The molecular weight excluding hydrogens is 488 g/mol. The van der Waals surface area contributed by atoms with Crippen LogP contribution in [0.3, 0.4) is 0 Å². The molecule has 184 valence electrons. The van der Waals surface area contributed by atoms with Crippen molar-refractivity contribution < 1.29 is 27.8 Å². The number of methoxy groups -OCH3 is 2. The molecule has 0 radical (unpaired) electrons. The van der Waals surface area contributed by atoms with E-state index in [9.17, 15) is 13.6 Å². The van der Waals surface area contributed by atoms with Gasteiger partial charge in [0, 0.05) is 23.7 Å². The summed E-state index contributed by atoms with van der Waals surface area (Å²) in [7, 11) is 3.06. The number of carbonyl (C=O) groups is 1. The number of anilines is 1. The summed E-state index contributed by atoms with van der Waals surface area (Å²) < 4.78 is 44.3. The van der Waals surface area contributed by atoms with Gasteiger partial charge in [-0.05, 0) is 54.2 Å². The number of nitrogens with one attached hydrogen (secondary N) is 2. The van der Waals surface area contributed by atoms with Gasteiger partial charge in [-0.15, -0.1) is 0 Å². The fourth-order valence-electron chi connectivity index (χ4n) is 3.44. The van der Waals surface area contributed by atoms with E-state index in [0.717, 1.165) is 0 Å². The van der Waals surface area contributed by atoms with E-state index >= 15 is 0 Å². The van der Waals surface area contributed by atoms with Gasteiger partial charge in [0.1, 0.15) is 23.1 Å². The Labute approximate surface area is 211 Å². The number of aromatic nitrogens is 1. The maximum absolute atomic E-state index is 14.8. The van der Waals surface area contributed by atoms with Crippen molar-refractivity contribution in [3.05, 3.63) is 84.1 Å². The number of amides is 1. The molecule has 2 N–H and O–H groups in total. The van der Waals surface area contributed by atoms with Crippen molar-refractivity contribution in [3.8, 4) is 23.0 Å². The lowest BCUT2D eigenvalue weighted by atomic mass is 10.1. The van der Waals surface area contributed by atoms with Gasteiger partial charge >= 0.3 is 0 Å². The molecule has 0 aliphatic carbocycles. The fourth-order valence-corrected chi connectivity index (χ4v) is 3.66. The molecule has 0 saturated heterocycles. The number of thiocarbonyl (C=S) groups is 1. The van der Waals surface area contributed by atoms with Crippen LogP contribution in [0.15, 0.2) is 66.9 Å². The van der Waals surface area contributed by atoms with Gasteiger partial charge in [-0.2, -0.15) is 0 Å². The molecule has 0 saturated carbocycles. The van der Waals surface area contributed by atoms with E-state index in [1.807, 2.05) is 0 Å². The first-order valence-corrected chi connectivity index (χ1v) is 11.1. The van der Waals surface area contributed by atoms with Crippen LogP contribution in [0.25, 0.3) is 10.9 Å². The molecule has 4 aromatic rings. The molecular formula is C26H21F2N3O4S. The van der Waals surface area contributed by atoms with Gasteiger partial charge in [0.25, 0.3) is 0 Å². The summed E-state index contributed by atoms with van der Waals surface area (Å²) in [6.45, 7) is 0. The van der Waals surface area contributed by atoms with Gasteiger partial charge in [-0.1, -0.05) is 12.1 Å². The lowest BCUT2D eigenvalue weighted by Crippen LogP contribution is -2.35. The first kappa shape index (κ1) is 24.8. The Balaban J connectivity index is 1.44. The monoisotopic (exact) mass is 509 g/mol. The van der Waals surface area contributed by atoms with Crippen LogP contribution in [-0.4, -0.2) is 30.2 Å². The Morgan fingerprint density at radius 1 is 0.944 bits per heavy atom. The Morgan fingerprint density at radius 3 is 2.36 bits per heavy atom. The van der Waals surface area contributed by atoms with Gasteiger partial charge in [0.05, 0.1) is 31.8 Å². The molecule has 7 nitrogen and oxygen atoms in total. The molecule has 36 heavy (non-hydrogen) atoms. The summed E-state index contributed by atoms with van der Waals surface area (Å²) in [4.78, 5) is 16.5. The molecule has 0 aliphatic heterocycles. The highest BCUT2D eigenvalue weighted by Gasteiger charge is 2.13. The summed E-state index contributed by atoms with van der Waals surface area (Å²) in [5, 5.41) is 5.71. The Bertz CT molecular complexity index is 1430. The lowest BCUT2D eigenvalue weighted by Gasteiger charge is -2.14. The molecule has 0 atom stereocenters. The second-order valence-corrected chi connectivity index (χ2v) is 7.99. The van der Waals surface area contributed by atoms with Crippen molar-refractivity contribution in [1.29, 1.82) is 0 Å². The number of pyridine rings is 1. The molecule has 4 rings (SSSR count). The highest BCUT2D eigenvalue weighted by Crippen LogP contribution is 2.37. The molecule has 3 aromatic carbocycles. The molecule has 0 spiro atoms. The SMILES string of the molecule is COc1cc2nccc(Oc3ccc(NC(=S)NC(=O)Cc4ccc(F)cc4)c(F)c3)c2cc1OC. The van der Waals surface area contributed by atoms with Gasteiger partial charge in [-0.3, -0.25) is 9.78 Å². The van der Waals surface area contributed by atoms with E-state index in [0.29, 0.717) is 33.7 Å². The number of ether oxygens (including phenoxy) is 3. The van der Waals surface area contributed by atoms with Gasteiger partial charge in [0.2, 0.25) is 5.91 Å². The summed E-state index contributed by atoms with van der Waals surface area (Å²) in [6, 6.07) is 14.8. The van der Waals surface area contributed by atoms with Crippen molar-refractivity contribution in [1.82, 2.24) is 10.3 Å². The van der Waals surface area contributed by atoms with Crippen LogP contribution in [0, 0.1) is 11.6 Å². The van der Waals surface area contributed by atoms with Crippen molar-refractivity contribution in [2.75, 3.05) is 19.5 Å². The van der Waals surface area contributed by atoms with Crippen molar-refractivity contribution in [2.24, 2.45) is 0 Å². The highest BCUT2D eigenvalue weighted by molar-refractivity contribution is 7.80. The zero-order valence-corrected chi connectivity index (χ0v) is 20.1. The molecule has 1 aromatic heterocycles. The Kier molecular flexibility index (Phi) is 7.55. The number of rotatable bonds is 7. The molecule has 0 unspecified atom stereocenters. The van der Waals surface area contributed by atoms with E-state index in [1.54, 1.807) is 30.5 Å². The second kappa shape index (κ2) is 11.0. The summed E-state index contributed by atoms with van der Waals surface area (Å²) in [6.07, 6.45) is 1.57. The molecule has 10 heteroatoms. The lowest BCUT2D eigenvalue weighted by molar-refractivity contribution is -0.119. The minimum absolute atomic E-state index is 0.00604. The van der Waals surface area contributed by atoms with Crippen LogP contribution >= 0.6 is 12.2 Å². The van der Waals surface area contributed by atoms with Crippen LogP contribution in [0.4, 0.5) is 14.5 Å². The van der Waals surface area contributed by atoms with E-state index in [-0.39, 0.29) is 23.0 Å². The highest BCUT2D eigenvalue weighted by atomic mass is 32.1. The zero-order valence-electron chi connectivity index (χ0n) is 19.3. The normalized spacial score (nSPS) is 10.6. The van der Waals surface area contributed by atoms with E-state index in [1.165, 1.54) is 50.6 Å². The topological polar surface area (TPSA) is 81.7 Å². The number of nitrogens with zero attached hydrogens (tertiary/aromatic N) is 1. The number of carbonyl (C=O) groups excluding carboxylic acids is 1. The van der Waals surface area contributed by atoms with Crippen LogP contribution < -0.4 is 24.8 Å². The van der Waals surface area contributed by atoms with E-state index in [4.69, 9.17) is 26.4 Å². The summed E-state index contributed by atoms with van der Waals surface area (Å²) in [5.74, 6) is 0.268. The number of benzene rings is 3. The molecule has 1 amide bonds. The molecule has 1 heterocycles. The average Bonchev–Trinajstić information content (AvgIpc) is 2.86. The fraction of sp³-hybridized carbons (Fsp3) is 0.115. The van der Waals surface area contributed by atoms with Crippen LogP contribution in [0.1, 0.15) is 5.56 Å². The molecule has 0 fully saturated rings. The third-order valence-corrected chi connectivity index (χ3v) is 5.36. The Morgan fingerprint density at radius 2 is 1.67 bits per heavy atom. The number of halogens is 2. The summed E-state index contributed by atoms with van der Waals surface area (Å²) in [5.41, 5.74) is 1.29. The van der Waals surface area contributed by atoms with E-state index in [2.05, 4.69) is 15.6 Å². The predicted molar refractivity (Wildman–Crippen MR) is 136 cm³/mol. The van der Waals surface area contributed by atoms with Gasteiger partial charge < -0.3 is 24.8 Å². The third-order valence-electron chi connectivity index (χ3n) is 5.15. The largest absolute Gasteiger partial charge is 0.493 e. The maximum Gasteiger partial charge on any atom is 0.230 e. The molecule has 0 aliphatic rings. The van der Waals surface area contributed by atoms with Crippen LogP contribution in [0.5, 0.6) is 23.0 Å². The minimum Gasteiger partial charge on any atom is -0.493 e. The first-order valence-electron chi connectivity index (χ1n) is 10.7. The van der Waals surface area contributed by atoms with E-state index < -0.39 is 17.5 Å². The number of hydrogen-bond acceptors (Lipinski definition) is 6. The second-order valence-electron chi connectivity index (χ2n) is 7.58. The number of fused-ring (bicyclic) bond motifs is 1. The standard InChI is InChI=1S/C26H21F2N3O4S/c1-33-23-13-18-21(14-24(23)34-2)29-10-9-22(18)35-17-7-8-20(19(28)12-17)30-26(36)31-25(32)11-15-3-5-16(27)6-4-15/h3-10,12-14H,11H2,1-2H3,(H2,30,31,32,36). The predicted octanol–water partition coefficient (Wildman–Crippen LogP) is 5.38. The number of hydrogen-bond donors (Lipinski definition) is 2. The van der Waals surface area contributed by atoms with Crippen LogP contribution in [-0.2, 0) is 11.2 Å². The van der Waals surface area contributed by atoms with Crippen molar-refractivity contribution in [3.63, 3.8) is 0 Å². The third kappa shape index (κ3) is 5.84. The first-order chi connectivity index (χ1) is 17.4. The van der Waals surface area contributed by atoms with Crippen molar-refractivity contribution in [2.45, 2.75) is 6.42 Å². The molecule has 0 bridgehead atoms. The summed E-state index contributed by atoms with van der Waals surface area (Å²) >= 11 is 5.11. The van der Waals surface area contributed by atoms with Gasteiger partial charge in [-0.25, -0.2) is 8.78 Å². The quantitative estimate of drug-likeness (QED) is 0.324. The van der Waals surface area contributed by atoms with Crippen molar-refractivity contribution >= 4 is 39.8 Å². The zero-order chi connectivity index (χ0) is 25.7. The minimum atomic E-state index is -0.639. The van der Waals surface area contributed by atoms with Crippen LogP contribution in [0.2, 0.25) is 0 Å². The maximum atomic E-state index is 14.8. The smallest absolute Gasteiger partial charge is 0.230 e. The Hall–Kier alpha value is -4.31.